The lowest BCUT2D eigenvalue weighted by molar-refractivity contribution is -0.383. The predicted molar refractivity (Wildman–Crippen MR) is 95.4 cm³/mol. The topological polar surface area (TPSA) is 107 Å². The molecule has 0 fully saturated rings. The Labute approximate surface area is 148 Å². The van der Waals surface area contributed by atoms with E-state index in [1.165, 1.54) is 24.4 Å². The average Bonchev–Trinajstić information content (AvgIpc) is 2.95. The summed E-state index contributed by atoms with van der Waals surface area (Å²) in [5, 5.41) is 21.5. The number of benzene rings is 1. The van der Waals surface area contributed by atoms with Crippen molar-refractivity contribution in [3.63, 3.8) is 0 Å². The summed E-state index contributed by atoms with van der Waals surface area (Å²) in [6.07, 6.45) is 3.23. The van der Waals surface area contributed by atoms with E-state index in [1.807, 2.05) is 13.1 Å². The number of aromatic carboxylic acids is 1. The molecule has 1 aromatic carbocycles. The highest BCUT2D eigenvalue weighted by atomic mass is 16.6. The third-order valence-corrected chi connectivity index (χ3v) is 4.19. The van der Waals surface area contributed by atoms with E-state index >= 15 is 0 Å². The molecule has 2 heterocycles. The fourth-order valence-electron chi connectivity index (χ4n) is 2.96. The number of ether oxygens (including phenoxy) is 1. The summed E-state index contributed by atoms with van der Waals surface area (Å²) in [4.78, 5) is 26.6. The van der Waals surface area contributed by atoms with Crippen LogP contribution in [-0.2, 0) is 11.3 Å². The number of aromatic nitrogens is 2. The van der Waals surface area contributed by atoms with Gasteiger partial charge in [0.1, 0.15) is 5.52 Å². The zero-order valence-electron chi connectivity index (χ0n) is 14.3. The molecule has 0 bridgehead atoms. The number of non-ortho nitro benzene ring substituents is 1. The van der Waals surface area contributed by atoms with E-state index < -0.39 is 10.9 Å². The molecular formula is C18H17N3O5. The number of nitrogens with zero attached hydrogens (tertiary/aromatic N) is 3. The first-order valence-electron chi connectivity index (χ1n) is 7.89. The number of rotatable bonds is 6. The van der Waals surface area contributed by atoms with Crippen LogP contribution in [0.2, 0.25) is 0 Å². The van der Waals surface area contributed by atoms with Crippen LogP contribution >= 0.6 is 0 Å². The maximum Gasteiger partial charge on any atom is 0.335 e. The molecule has 134 valence electrons. The number of hydrogen-bond acceptors (Lipinski definition) is 5. The van der Waals surface area contributed by atoms with E-state index in [0.717, 1.165) is 10.9 Å². The van der Waals surface area contributed by atoms with Crippen LogP contribution in [0.4, 0.5) is 5.69 Å². The number of fused-ring (bicyclic) bond motifs is 1. The first-order chi connectivity index (χ1) is 12.4. The van der Waals surface area contributed by atoms with E-state index in [-0.39, 0.29) is 11.3 Å². The van der Waals surface area contributed by atoms with Gasteiger partial charge in [-0.25, -0.2) is 4.79 Å². The average molecular weight is 355 g/mol. The monoisotopic (exact) mass is 355 g/mol. The first kappa shape index (κ1) is 17.6. The van der Waals surface area contributed by atoms with Gasteiger partial charge in [0.05, 0.1) is 22.8 Å². The van der Waals surface area contributed by atoms with Crippen LogP contribution in [0.25, 0.3) is 22.2 Å². The molecule has 0 atom stereocenters. The van der Waals surface area contributed by atoms with Crippen molar-refractivity contribution in [3.8, 4) is 11.3 Å². The summed E-state index contributed by atoms with van der Waals surface area (Å²) in [7, 11) is 1.58. The van der Waals surface area contributed by atoms with Crippen molar-refractivity contribution < 1.29 is 19.6 Å². The van der Waals surface area contributed by atoms with E-state index in [4.69, 9.17) is 9.84 Å². The Bertz CT molecular complexity index is 1010. The minimum absolute atomic E-state index is 0.0516. The molecule has 8 heteroatoms. The molecule has 0 saturated heterocycles. The van der Waals surface area contributed by atoms with Gasteiger partial charge in [0.2, 0.25) is 0 Å². The van der Waals surface area contributed by atoms with Crippen LogP contribution < -0.4 is 0 Å². The fourth-order valence-corrected chi connectivity index (χ4v) is 2.96. The first-order valence-corrected chi connectivity index (χ1v) is 7.89. The van der Waals surface area contributed by atoms with Crippen LogP contribution in [0.1, 0.15) is 15.9 Å². The van der Waals surface area contributed by atoms with Crippen LogP contribution in [0, 0.1) is 17.0 Å². The van der Waals surface area contributed by atoms with Gasteiger partial charge in [-0.05, 0) is 30.7 Å². The maximum absolute atomic E-state index is 11.7. The Hall–Kier alpha value is -3.26. The molecule has 26 heavy (non-hydrogen) atoms. The summed E-state index contributed by atoms with van der Waals surface area (Å²) >= 11 is 0. The molecule has 0 aliphatic carbocycles. The number of nitro benzene ring substituents is 1. The molecule has 0 saturated carbocycles. The van der Waals surface area contributed by atoms with Crippen molar-refractivity contribution in [3.05, 3.63) is 57.9 Å². The lowest BCUT2D eigenvalue weighted by atomic mass is 10.0. The Balaban J connectivity index is 2.23. The van der Waals surface area contributed by atoms with Crippen molar-refractivity contribution in [2.75, 3.05) is 13.7 Å². The largest absolute Gasteiger partial charge is 0.478 e. The number of carboxylic acids is 1. The lowest BCUT2D eigenvalue weighted by Gasteiger charge is -2.07. The molecule has 0 unspecified atom stereocenters. The Morgan fingerprint density at radius 1 is 1.38 bits per heavy atom. The third-order valence-electron chi connectivity index (χ3n) is 4.19. The number of pyridine rings is 1. The zero-order valence-corrected chi connectivity index (χ0v) is 14.3. The van der Waals surface area contributed by atoms with Crippen LogP contribution in [0.15, 0.2) is 36.7 Å². The highest BCUT2D eigenvalue weighted by Crippen LogP contribution is 2.34. The Morgan fingerprint density at radius 3 is 2.81 bits per heavy atom. The molecule has 3 aromatic rings. The van der Waals surface area contributed by atoms with E-state index in [9.17, 15) is 14.9 Å². The van der Waals surface area contributed by atoms with Gasteiger partial charge in [0.15, 0.2) is 0 Å². The molecule has 0 aliphatic rings. The SMILES string of the molecule is COCCn1cc(C)c2cc(-c3cc(C(=O)O)ccn3)cc([N+](=O)[O-])c21. The van der Waals surface area contributed by atoms with Crippen molar-refractivity contribution in [1.29, 1.82) is 0 Å². The smallest absolute Gasteiger partial charge is 0.335 e. The van der Waals surface area contributed by atoms with Gasteiger partial charge in [-0.3, -0.25) is 15.1 Å². The Morgan fingerprint density at radius 2 is 2.15 bits per heavy atom. The molecule has 2 aromatic heterocycles. The van der Waals surface area contributed by atoms with Gasteiger partial charge in [0.25, 0.3) is 5.69 Å². The lowest BCUT2D eigenvalue weighted by Crippen LogP contribution is -2.04. The minimum atomic E-state index is -1.08. The molecular weight excluding hydrogens is 338 g/mol. The highest BCUT2D eigenvalue weighted by Gasteiger charge is 2.21. The van der Waals surface area contributed by atoms with Gasteiger partial charge in [-0.2, -0.15) is 0 Å². The fraction of sp³-hybridized carbons (Fsp3) is 0.222. The second kappa shape index (κ2) is 6.93. The molecule has 3 rings (SSSR count). The predicted octanol–water partition coefficient (Wildman–Crippen LogP) is 3.26. The van der Waals surface area contributed by atoms with E-state index in [0.29, 0.717) is 29.9 Å². The molecule has 0 spiro atoms. The van der Waals surface area contributed by atoms with Gasteiger partial charge in [0, 0.05) is 43.1 Å². The number of aryl methyl sites for hydroxylation is 1. The van der Waals surface area contributed by atoms with Crippen LogP contribution in [-0.4, -0.2) is 39.3 Å². The van der Waals surface area contributed by atoms with Crippen LogP contribution in [0.3, 0.4) is 0 Å². The van der Waals surface area contributed by atoms with Crippen molar-refractivity contribution >= 4 is 22.6 Å². The standard InChI is InChI=1S/C18H17N3O5/c1-11-10-20(5-6-26-2)17-14(11)7-13(9-16(17)21(24)25)15-8-12(18(22)23)3-4-19-15/h3-4,7-10H,5-6H2,1-2H3,(H,22,23). The van der Waals surface area contributed by atoms with E-state index in [2.05, 4.69) is 4.98 Å². The van der Waals surface area contributed by atoms with E-state index in [1.54, 1.807) is 17.7 Å². The maximum atomic E-state index is 11.7. The Kier molecular flexibility index (Phi) is 4.68. The third kappa shape index (κ3) is 3.14. The summed E-state index contributed by atoms with van der Waals surface area (Å²) in [5.74, 6) is -1.08. The van der Waals surface area contributed by atoms with Crippen molar-refractivity contribution in [2.24, 2.45) is 0 Å². The normalized spacial score (nSPS) is 11.0. The molecule has 8 nitrogen and oxygen atoms in total. The minimum Gasteiger partial charge on any atom is -0.478 e. The van der Waals surface area contributed by atoms with Gasteiger partial charge < -0.3 is 14.4 Å². The molecule has 0 radical (unpaired) electrons. The summed E-state index contributed by atoms with van der Waals surface area (Å²) in [6, 6.07) is 6.02. The van der Waals surface area contributed by atoms with Crippen molar-refractivity contribution in [2.45, 2.75) is 13.5 Å². The van der Waals surface area contributed by atoms with Gasteiger partial charge >= 0.3 is 5.97 Å². The second-order valence-corrected chi connectivity index (χ2v) is 5.88. The number of nitro groups is 1. The van der Waals surface area contributed by atoms with Crippen LogP contribution in [0.5, 0.6) is 0 Å². The zero-order chi connectivity index (χ0) is 18.8. The molecule has 1 N–H and O–H groups in total. The van der Waals surface area contributed by atoms with Gasteiger partial charge in [-0.15, -0.1) is 0 Å². The highest BCUT2D eigenvalue weighted by molar-refractivity contribution is 5.96. The summed E-state index contributed by atoms with van der Waals surface area (Å²) in [6.45, 7) is 2.80. The molecule has 0 amide bonds. The number of carboxylic acid groups (broad SMARTS) is 1. The number of carbonyl (C=O) groups is 1. The number of methoxy groups -OCH3 is 1. The summed E-state index contributed by atoms with van der Waals surface area (Å²) in [5.41, 5.74) is 2.30. The number of hydrogen-bond donors (Lipinski definition) is 1. The molecule has 0 aliphatic heterocycles. The second-order valence-electron chi connectivity index (χ2n) is 5.88. The summed E-state index contributed by atoms with van der Waals surface area (Å²) < 4.78 is 6.88. The van der Waals surface area contributed by atoms with Gasteiger partial charge in [-0.1, -0.05) is 0 Å². The van der Waals surface area contributed by atoms with Crippen molar-refractivity contribution in [1.82, 2.24) is 9.55 Å². The quantitative estimate of drug-likeness (QED) is 0.537.